The SMILES string of the molecule is O=C(Nc1ccccc1)c1ccc(Nc2ncnc3[nH]c(C(=O)Nc4cccc(Br)c4)cc23)cc1. The van der Waals surface area contributed by atoms with Crippen LogP contribution in [0, 0.1) is 0 Å². The molecule has 2 heterocycles. The molecule has 0 aliphatic carbocycles. The van der Waals surface area contributed by atoms with Crippen LogP contribution in [0.3, 0.4) is 0 Å². The maximum absolute atomic E-state index is 12.7. The Hall–Kier alpha value is -4.50. The van der Waals surface area contributed by atoms with Crippen LogP contribution in [0.5, 0.6) is 0 Å². The maximum atomic E-state index is 12.7. The lowest BCUT2D eigenvalue weighted by Gasteiger charge is -2.08. The van der Waals surface area contributed by atoms with Crippen LogP contribution in [0.2, 0.25) is 0 Å². The molecule has 0 saturated heterocycles. The summed E-state index contributed by atoms with van der Waals surface area (Å²) >= 11 is 3.40. The van der Waals surface area contributed by atoms with Crippen LogP contribution in [-0.4, -0.2) is 26.8 Å². The topological polar surface area (TPSA) is 112 Å². The zero-order valence-electron chi connectivity index (χ0n) is 18.2. The molecule has 172 valence electrons. The second kappa shape index (κ2) is 9.78. The molecule has 0 aliphatic rings. The van der Waals surface area contributed by atoms with E-state index >= 15 is 0 Å². The zero-order valence-corrected chi connectivity index (χ0v) is 19.8. The van der Waals surface area contributed by atoms with Gasteiger partial charge in [0.15, 0.2) is 0 Å². The molecule has 2 amide bonds. The van der Waals surface area contributed by atoms with Gasteiger partial charge in [0.2, 0.25) is 0 Å². The summed E-state index contributed by atoms with van der Waals surface area (Å²) in [5.74, 6) is 0.0500. The molecule has 0 spiro atoms. The summed E-state index contributed by atoms with van der Waals surface area (Å²) in [7, 11) is 0. The summed E-state index contributed by atoms with van der Waals surface area (Å²) in [6, 6.07) is 25.4. The summed E-state index contributed by atoms with van der Waals surface area (Å²) in [6.07, 6.45) is 1.42. The molecule has 3 aromatic carbocycles. The molecule has 0 saturated carbocycles. The number of rotatable bonds is 6. The second-order valence-corrected chi connectivity index (χ2v) is 8.57. The van der Waals surface area contributed by atoms with Crippen molar-refractivity contribution in [1.82, 2.24) is 15.0 Å². The maximum Gasteiger partial charge on any atom is 0.272 e. The number of benzene rings is 3. The van der Waals surface area contributed by atoms with Crippen molar-refractivity contribution in [3.63, 3.8) is 0 Å². The van der Waals surface area contributed by atoms with E-state index in [-0.39, 0.29) is 11.8 Å². The largest absolute Gasteiger partial charge is 0.340 e. The van der Waals surface area contributed by atoms with Crippen LogP contribution >= 0.6 is 15.9 Å². The number of aromatic nitrogens is 3. The quantitative estimate of drug-likeness (QED) is 0.218. The molecule has 2 aromatic heterocycles. The normalized spacial score (nSPS) is 10.7. The van der Waals surface area contributed by atoms with Crippen LogP contribution in [0.25, 0.3) is 11.0 Å². The summed E-state index contributed by atoms with van der Waals surface area (Å²) in [6.45, 7) is 0. The standard InChI is InChI=1S/C26H19BrN6O2/c27-17-5-4-8-20(13-17)32-26(35)22-14-21-23(28-15-29-24(21)33-22)30-19-11-9-16(10-12-19)25(34)31-18-6-2-1-3-7-18/h1-15H,(H,31,34)(H,32,35)(H2,28,29,30,33). The van der Waals surface area contributed by atoms with E-state index in [1.807, 2.05) is 54.6 Å². The van der Waals surface area contributed by atoms with E-state index < -0.39 is 0 Å². The molecule has 5 rings (SSSR count). The van der Waals surface area contributed by atoms with Crippen LogP contribution < -0.4 is 16.0 Å². The van der Waals surface area contributed by atoms with Crippen LogP contribution in [0.15, 0.2) is 95.7 Å². The Balaban J connectivity index is 1.31. The summed E-state index contributed by atoms with van der Waals surface area (Å²) in [5.41, 5.74) is 3.55. The summed E-state index contributed by atoms with van der Waals surface area (Å²) in [4.78, 5) is 36.8. The van der Waals surface area contributed by atoms with Gasteiger partial charge < -0.3 is 20.9 Å². The molecule has 0 aliphatic heterocycles. The molecule has 0 bridgehead atoms. The lowest BCUT2D eigenvalue weighted by atomic mass is 10.2. The number of nitrogens with zero attached hydrogens (tertiary/aromatic N) is 2. The molecule has 5 aromatic rings. The van der Waals surface area contributed by atoms with Gasteiger partial charge in [-0.05, 0) is 60.7 Å². The van der Waals surface area contributed by atoms with E-state index in [0.29, 0.717) is 33.8 Å². The van der Waals surface area contributed by atoms with Gasteiger partial charge in [0.25, 0.3) is 11.8 Å². The first-order valence-corrected chi connectivity index (χ1v) is 11.5. The van der Waals surface area contributed by atoms with Gasteiger partial charge in [0, 0.05) is 27.1 Å². The van der Waals surface area contributed by atoms with E-state index in [4.69, 9.17) is 0 Å². The van der Waals surface area contributed by atoms with Crippen molar-refractivity contribution in [2.75, 3.05) is 16.0 Å². The zero-order chi connectivity index (χ0) is 24.2. The van der Waals surface area contributed by atoms with Crippen molar-refractivity contribution >= 4 is 61.7 Å². The number of halogens is 1. The van der Waals surface area contributed by atoms with Crippen molar-refractivity contribution in [1.29, 1.82) is 0 Å². The molecule has 8 nitrogen and oxygen atoms in total. The predicted molar refractivity (Wildman–Crippen MR) is 140 cm³/mol. The minimum absolute atomic E-state index is 0.195. The van der Waals surface area contributed by atoms with E-state index in [0.717, 1.165) is 15.8 Å². The average molecular weight is 527 g/mol. The van der Waals surface area contributed by atoms with Crippen LogP contribution in [0.4, 0.5) is 22.9 Å². The number of amides is 2. The van der Waals surface area contributed by atoms with Gasteiger partial charge in [-0.3, -0.25) is 9.59 Å². The Bertz CT molecular complexity index is 1520. The van der Waals surface area contributed by atoms with E-state index in [1.165, 1.54) is 6.33 Å². The average Bonchev–Trinajstić information content (AvgIpc) is 3.31. The van der Waals surface area contributed by atoms with Crippen molar-refractivity contribution in [2.45, 2.75) is 0 Å². The Kier molecular flexibility index (Phi) is 6.23. The first-order valence-electron chi connectivity index (χ1n) is 10.7. The highest BCUT2D eigenvalue weighted by molar-refractivity contribution is 9.10. The van der Waals surface area contributed by atoms with Gasteiger partial charge >= 0.3 is 0 Å². The van der Waals surface area contributed by atoms with E-state index in [9.17, 15) is 9.59 Å². The first kappa shape index (κ1) is 22.3. The Morgan fingerprint density at radius 3 is 2.26 bits per heavy atom. The summed E-state index contributed by atoms with van der Waals surface area (Å²) in [5, 5.41) is 9.61. The predicted octanol–water partition coefficient (Wildman–Crippen LogP) is 5.97. The van der Waals surface area contributed by atoms with Crippen LogP contribution in [-0.2, 0) is 0 Å². The van der Waals surface area contributed by atoms with Crippen molar-refractivity contribution < 1.29 is 9.59 Å². The fraction of sp³-hybridized carbons (Fsp3) is 0. The highest BCUT2D eigenvalue weighted by Crippen LogP contribution is 2.25. The van der Waals surface area contributed by atoms with Gasteiger partial charge in [-0.1, -0.05) is 40.2 Å². The van der Waals surface area contributed by atoms with E-state index in [2.05, 4.69) is 46.8 Å². The fourth-order valence-corrected chi connectivity index (χ4v) is 3.89. The van der Waals surface area contributed by atoms with Gasteiger partial charge in [-0.25, -0.2) is 9.97 Å². The van der Waals surface area contributed by atoms with Gasteiger partial charge in [0.05, 0.1) is 5.39 Å². The number of fused-ring (bicyclic) bond motifs is 1. The van der Waals surface area contributed by atoms with Crippen molar-refractivity contribution in [3.8, 4) is 0 Å². The molecule has 0 unspecified atom stereocenters. The third-order valence-corrected chi connectivity index (χ3v) is 5.69. The van der Waals surface area contributed by atoms with Crippen molar-refractivity contribution in [2.24, 2.45) is 0 Å². The highest BCUT2D eigenvalue weighted by Gasteiger charge is 2.14. The number of carbonyl (C=O) groups is 2. The number of carbonyl (C=O) groups excluding carboxylic acids is 2. The lowest BCUT2D eigenvalue weighted by molar-refractivity contribution is 0.101. The second-order valence-electron chi connectivity index (χ2n) is 7.65. The number of hydrogen-bond acceptors (Lipinski definition) is 5. The Morgan fingerprint density at radius 1 is 0.743 bits per heavy atom. The van der Waals surface area contributed by atoms with E-state index in [1.54, 1.807) is 30.3 Å². The summed E-state index contributed by atoms with van der Waals surface area (Å²) < 4.78 is 0.868. The first-order chi connectivity index (χ1) is 17.0. The molecule has 35 heavy (non-hydrogen) atoms. The van der Waals surface area contributed by atoms with Crippen molar-refractivity contribution in [3.05, 3.63) is 107 Å². The number of nitrogens with one attached hydrogen (secondary N) is 4. The molecular formula is C26H19BrN6O2. The Labute approximate surface area is 209 Å². The minimum Gasteiger partial charge on any atom is -0.340 e. The fourth-order valence-electron chi connectivity index (χ4n) is 3.49. The Morgan fingerprint density at radius 2 is 1.49 bits per heavy atom. The van der Waals surface area contributed by atoms with Gasteiger partial charge in [-0.2, -0.15) is 0 Å². The van der Waals surface area contributed by atoms with Gasteiger partial charge in [-0.15, -0.1) is 0 Å². The molecular weight excluding hydrogens is 508 g/mol. The number of H-pyrrole nitrogens is 1. The highest BCUT2D eigenvalue weighted by atomic mass is 79.9. The third kappa shape index (κ3) is 5.20. The smallest absolute Gasteiger partial charge is 0.272 e. The number of para-hydroxylation sites is 1. The molecule has 0 fully saturated rings. The molecule has 0 radical (unpaired) electrons. The number of anilines is 4. The van der Waals surface area contributed by atoms with Gasteiger partial charge in [0.1, 0.15) is 23.5 Å². The molecule has 9 heteroatoms. The molecule has 0 atom stereocenters. The van der Waals surface area contributed by atoms with Crippen LogP contribution in [0.1, 0.15) is 20.8 Å². The minimum atomic E-state index is -0.291. The lowest BCUT2D eigenvalue weighted by Crippen LogP contribution is -2.12. The number of aromatic amines is 1. The monoisotopic (exact) mass is 526 g/mol. The number of hydrogen-bond donors (Lipinski definition) is 4. The molecule has 4 N–H and O–H groups in total. The third-order valence-electron chi connectivity index (χ3n) is 5.19.